The molecule has 3 nitrogen and oxygen atoms in total. The van der Waals surface area contributed by atoms with Gasteiger partial charge in [0, 0.05) is 19.3 Å². The maximum Gasteiger partial charge on any atom is 0.305 e. The van der Waals surface area contributed by atoms with Gasteiger partial charge in [-0.05, 0) is 105 Å². The monoisotopic (exact) mass is 388 g/mol. The van der Waals surface area contributed by atoms with E-state index < -0.39 is 0 Å². The van der Waals surface area contributed by atoms with Gasteiger partial charge >= 0.3 is 5.97 Å². The summed E-state index contributed by atoms with van der Waals surface area (Å²) in [7, 11) is 1.50. The number of carbonyl (C=O) groups is 2. The summed E-state index contributed by atoms with van der Waals surface area (Å²) in [6, 6.07) is 0. The molecular weight excluding hydrogens is 348 g/mol. The fourth-order valence-electron chi connectivity index (χ4n) is 8.74. The number of rotatable bonds is 5. The molecule has 4 fully saturated rings. The minimum atomic E-state index is -0.0570. The van der Waals surface area contributed by atoms with Crippen molar-refractivity contribution in [1.82, 2.24) is 0 Å². The molecule has 0 spiro atoms. The first-order valence-corrected chi connectivity index (χ1v) is 12.0. The van der Waals surface area contributed by atoms with Crippen molar-refractivity contribution < 1.29 is 14.3 Å². The standard InChI is InChI=1S/C25H40O3/c1-4-25-15-12-19(26)16-18(25)8-10-20-21-11-9-17(6-5-7-23(27)28-3)24(21,2)14-13-22(20)25/h17-18,20-22H,4-16H2,1-3H3/t17?,18?,20?,21-,22?,24?,25?/m0/s1. The molecule has 0 amide bonds. The van der Waals surface area contributed by atoms with Gasteiger partial charge in [-0.2, -0.15) is 0 Å². The molecule has 0 heterocycles. The van der Waals surface area contributed by atoms with Gasteiger partial charge in [-0.1, -0.05) is 13.8 Å². The third kappa shape index (κ3) is 3.16. The molecule has 4 saturated carbocycles. The molecule has 0 N–H and O–H groups in total. The second kappa shape index (κ2) is 7.76. The Kier molecular flexibility index (Phi) is 5.66. The smallest absolute Gasteiger partial charge is 0.305 e. The van der Waals surface area contributed by atoms with Crippen molar-refractivity contribution in [2.24, 2.45) is 40.4 Å². The Morgan fingerprint density at radius 1 is 1.11 bits per heavy atom. The fourth-order valence-corrected chi connectivity index (χ4v) is 8.74. The maximum absolute atomic E-state index is 12.1. The Hall–Kier alpha value is -0.860. The molecule has 4 rings (SSSR count). The molecule has 0 aromatic heterocycles. The summed E-state index contributed by atoms with van der Waals surface area (Å²) in [5.41, 5.74) is 0.935. The molecule has 28 heavy (non-hydrogen) atoms. The number of fused-ring (bicyclic) bond motifs is 5. The molecule has 3 heteroatoms. The van der Waals surface area contributed by atoms with E-state index in [1.54, 1.807) is 0 Å². The average molecular weight is 389 g/mol. The van der Waals surface area contributed by atoms with Crippen LogP contribution < -0.4 is 0 Å². The Balaban J connectivity index is 1.48. The number of esters is 1. The van der Waals surface area contributed by atoms with Crippen molar-refractivity contribution in [2.75, 3.05) is 7.11 Å². The van der Waals surface area contributed by atoms with Gasteiger partial charge in [-0.15, -0.1) is 0 Å². The second-order valence-corrected chi connectivity index (χ2v) is 10.8. The van der Waals surface area contributed by atoms with Crippen LogP contribution in [0.2, 0.25) is 0 Å². The van der Waals surface area contributed by atoms with E-state index >= 15 is 0 Å². The molecule has 7 atom stereocenters. The number of Topliss-reactive ketones (excluding diaryl/α,β-unsaturated/α-hetero) is 1. The predicted molar refractivity (Wildman–Crippen MR) is 111 cm³/mol. The van der Waals surface area contributed by atoms with Crippen LogP contribution in [0.4, 0.5) is 0 Å². The Morgan fingerprint density at radius 3 is 2.68 bits per heavy atom. The number of hydrogen-bond acceptors (Lipinski definition) is 3. The Labute approximate surface area is 171 Å². The van der Waals surface area contributed by atoms with Crippen LogP contribution >= 0.6 is 0 Å². The molecule has 0 radical (unpaired) electrons. The molecule has 4 aliphatic rings. The van der Waals surface area contributed by atoms with E-state index in [4.69, 9.17) is 4.74 Å². The molecule has 0 aromatic carbocycles. The lowest BCUT2D eigenvalue weighted by atomic mass is 9.43. The van der Waals surface area contributed by atoms with E-state index in [0.717, 1.165) is 42.9 Å². The van der Waals surface area contributed by atoms with E-state index in [9.17, 15) is 9.59 Å². The molecule has 0 aliphatic heterocycles. The Bertz CT molecular complexity index is 613. The lowest BCUT2D eigenvalue weighted by molar-refractivity contribution is -0.144. The van der Waals surface area contributed by atoms with E-state index in [2.05, 4.69) is 13.8 Å². The summed E-state index contributed by atoms with van der Waals surface area (Å²) >= 11 is 0. The van der Waals surface area contributed by atoms with Gasteiger partial charge in [0.05, 0.1) is 7.11 Å². The molecule has 4 aliphatic carbocycles. The number of carbonyl (C=O) groups excluding carboxylic acids is 2. The zero-order valence-electron chi connectivity index (χ0n) is 18.3. The van der Waals surface area contributed by atoms with E-state index in [1.807, 2.05) is 0 Å². The zero-order chi connectivity index (χ0) is 19.9. The summed E-state index contributed by atoms with van der Waals surface area (Å²) < 4.78 is 4.84. The maximum atomic E-state index is 12.1. The summed E-state index contributed by atoms with van der Waals surface area (Å²) in [5.74, 6) is 4.53. The lowest BCUT2D eigenvalue weighted by Crippen LogP contribution is -2.54. The number of methoxy groups -OCH3 is 1. The predicted octanol–water partition coefficient (Wildman–Crippen LogP) is 5.95. The van der Waals surface area contributed by atoms with Crippen molar-refractivity contribution in [3.05, 3.63) is 0 Å². The van der Waals surface area contributed by atoms with Gasteiger partial charge in [0.25, 0.3) is 0 Å². The van der Waals surface area contributed by atoms with Crippen LogP contribution in [-0.4, -0.2) is 18.9 Å². The van der Waals surface area contributed by atoms with Crippen molar-refractivity contribution in [3.8, 4) is 0 Å². The number of ether oxygens (including phenoxy) is 1. The van der Waals surface area contributed by atoms with Gasteiger partial charge in [-0.3, -0.25) is 9.59 Å². The molecule has 6 unspecified atom stereocenters. The zero-order valence-corrected chi connectivity index (χ0v) is 18.3. The summed E-state index contributed by atoms with van der Waals surface area (Å²) in [4.78, 5) is 23.7. The SMILES string of the molecule is CCC12CCC(=O)CC1CCC1C2CCC2(C)C(CCCC(=O)OC)CC[C@@H]12. The normalized spacial score (nSPS) is 45.1. The van der Waals surface area contributed by atoms with E-state index in [0.29, 0.717) is 29.0 Å². The molecule has 0 saturated heterocycles. The largest absolute Gasteiger partial charge is 0.469 e. The average Bonchev–Trinajstić information content (AvgIpc) is 3.04. The molecule has 158 valence electrons. The van der Waals surface area contributed by atoms with Crippen LogP contribution in [0.25, 0.3) is 0 Å². The highest BCUT2D eigenvalue weighted by Gasteiger charge is 2.60. The van der Waals surface area contributed by atoms with E-state index in [1.165, 1.54) is 64.9 Å². The first-order chi connectivity index (χ1) is 13.4. The number of hydrogen-bond donors (Lipinski definition) is 0. The summed E-state index contributed by atoms with van der Waals surface area (Å²) in [6.45, 7) is 4.99. The van der Waals surface area contributed by atoms with Crippen LogP contribution in [0.3, 0.4) is 0 Å². The van der Waals surface area contributed by atoms with Gasteiger partial charge in [0.1, 0.15) is 5.78 Å². The van der Waals surface area contributed by atoms with Gasteiger partial charge in [0.15, 0.2) is 0 Å². The van der Waals surface area contributed by atoms with Crippen LogP contribution in [-0.2, 0) is 14.3 Å². The van der Waals surface area contributed by atoms with E-state index in [-0.39, 0.29) is 5.97 Å². The molecule has 0 bridgehead atoms. The first kappa shape index (κ1) is 20.4. The fraction of sp³-hybridized carbons (Fsp3) is 0.920. The van der Waals surface area contributed by atoms with Gasteiger partial charge in [0.2, 0.25) is 0 Å². The highest BCUT2D eigenvalue weighted by Crippen LogP contribution is 2.68. The first-order valence-electron chi connectivity index (χ1n) is 12.0. The molecule has 0 aromatic rings. The highest BCUT2D eigenvalue weighted by molar-refractivity contribution is 5.79. The van der Waals surface area contributed by atoms with Crippen LogP contribution in [0.5, 0.6) is 0 Å². The van der Waals surface area contributed by atoms with Crippen LogP contribution in [0.15, 0.2) is 0 Å². The molecular formula is C25H40O3. The second-order valence-electron chi connectivity index (χ2n) is 10.8. The van der Waals surface area contributed by atoms with Crippen molar-refractivity contribution in [1.29, 1.82) is 0 Å². The third-order valence-electron chi connectivity index (χ3n) is 10.2. The van der Waals surface area contributed by atoms with Gasteiger partial charge in [-0.25, -0.2) is 0 Å². The van der Waals surface area contributed by atoms with Crippen LogP contribution in [0.1, 0.15) is 97.3 Å². The van der Waals surface area contributed by atoms with Gasteiger partial charge < -0.3 is 4.74 Å². The van der Waals surface area contributed by atoms with Crippen molar-refractivity contribution in [3.63, 3.8) is 0 Å². The summed E-state index contributed by atoms with van der Waals surface area (Å²) in [5, 5.41) is 0. The highest BCUT2D eigenvalue weighted by atomic mass is 16.5. The Morgan fingerprint density at radius 2 is 1.93 bits per heavy atom. The quantitative estimate of drug-likeness (QED) is 0.547. The third-order valence-corrected chi connectivity index (χ3v) is 10.2. The lowest BCUT2D eigenvalue weighted by Gasteiger charge is -2.61. The van der Waals surface area contributed by atoms with Crippen molar-refractivity contribution >= 4 is 11.8 Å². The van der Waals surface area contributed by atoms with Crippen molar-refractivity contribution in [2.45, 2.75) is 97.3 Å². The minimum absolute atomic E-state index is 0.0570. The topological polar surface area (TPSA) is 43.4 Å². The summed E-state index contributed by atoms with van der Waals surface area (Å²) in [6.07, 6.45) is 15.0. The van der Waals surface area contributed by atoms with Crippen LogP contribution in [0, 0.1) is 40.4 Å². The minimum Gasteiger partial charge on any atom is -0.469 e. The number of ketones is 1.